The number of halogens is 1. The highest BCUT2D eigenvalue weighted by Crippen LogP contribution is 2.36. The van der Waals surface area contributed by atoms with Crippen molar-refractivity contribution in [3.05, 3.63) is 95.4 Å². The Kier molecular flexibility index (Phi) is 7.00. The lowest BCUT2D eigenvalue weighted by Crippen LogP contribution is -2.15. The molecule has 178 valence electrons. The molecule has 0 saturated carbocycles. The fourth-order valence-electron chi connectivity index (χ4n) is 4.43. The van der Waals surface area contributed by atoms with Crippen molar-refractivity contribution in [2.24, 2.45) is 0 Å². The number of phenolic OH excluding ortho intramolecular Hbond substituents is 1. The smallest absolute Gasteiger partial charge is 0.154 e. The van der Waals surface area contributed by atoms with Crippen LogP contribution in [0.25, 0.3) is 22.5 Å². The summed E-state index contributed by atoms with van der Waals surface area (Å²) in [7, 11) is 0. The number of phenols is 1. The Morgan fingerprint density at radius 3 is 2.54 bits per heavy atom. The summed E-state index contributed by atoms with van der Waals surface area (Å²) in [6.45, 7) is 0.984. The molecule has 1 aliphatic carbocycles. The van der Waals surface area contributed by atoms with Crippen molar-refractivity contribution in [2.45, 2.75) is 32.1 Å². The van der Waals surface area contributed by atoms with Crippen LogP contribution in [-0.4, -0.2) is 28.4 Å². The molecule has 4 aromatic rings. The number of unbranched alkanes of at least 4 members (excludes halogenated alkanes) is 1. The van der Waals surface area contributed by atoms with Crippen LogP contribution < -0.4 is 5.32 Å². The second kappa shape index (κ2) is 10.7. The van der Waals surface area contributed by atoms with E-state index in [1.165, 1.54) is 11.6 Å². The van der Waals surface area contributed by atoms with Gasteiger partial charge in [-0.1, -0.05) is 30.3 Å². The minimum atomic E-state index is -0.238. The summed E-state index contributed by atoms with van der Waals surface area (Å²) in [6.07, 6.45) is 4.52. The Balaban J connectivity index is 1.29. The van der Waals surface area contributed by atoms with E-state index in [9.17, 15) is 9.50 Å². The van der Waals surface area contributed by atoms with Gasteiger partial charge >= 0.3 is 0 Å². The average molecular weight is 470 g/mol. The van der Waals surface area contributed by atoms with Crippen molar-refractivity contribution in [2.75, 3.05) is 18.7 Å². The van der Waals surface area contributed by atoms with Gasteiger partial charge in [0.2, 0.25) is 0 Å². The molecule has 5 nitrogen and oxygen atoms in total. The summed E-state index contributed by atoms with van der Waals surface area (Å²) in [4.78, 5) is 9.86. The second-order valence-corrected chi connectivity index (χ2v) is 8.74. The van der Waals surface area contributed by atoms with Crippen LogP contribution >= 0.6 is 0 Å². The fourth-order valence-corrected chi connectivity index (χ4v) is 4.43. The number of nitrogens with zero attached hydrogens (tertiary/aromatic N) is 2. The molecular formula is C29H28FN3O2. The lowest BCUT2D eigenvalue weighted by molar-refractivity contribution is 0.148. The highest BCUT2D eigenvalue weighted by atomic mass is 19.1. The van der Waals surface area contributed by atoms with Crippen LogP contribution in [0.3, 0.4) is 0 Å². The number of aryl methyl sites for hydroxylation is 3. The number of rotatable bonds is 9. The number of anilines is 1. The normalized spacial score (nSPS) is 12.1. The van der Waals surface area contributed by atoms with E-state index in [0.717, 1.165) is 53.8 Å². The summed E-state index contributed by atoms with van der Waals surface area (Å²) in [5.74, 6) is 0.594. The lowest BCUT2D eigenvalue weighted by atomic mass is 9.91. The van der Waals surface area contributed by atoms with E-state index in [4.69, 9.17) is 14.7 Å². The van der Waals surface area contributed by atoms with Gasteiger partial charge in [-0.15, -0.1) is 0 Å². The monoisotopic (exact) mass is 469 g/mol. The molecule has 0 aliphatic heterocycles. The number of benzene rings is 3. The van der Waals surface area contributed by atoms with Gasteiger partial charge in [0, 0.05) is 17.7 Å². The molecule has 1 heterocycles. The van der Waals surface area contributed by atoms with Gasteiger partial charge in [-0.3, -0.25) is 0 Å². The van der Waals surface area contributed by atoms with E-state index in [1.807, 2.05) is 18.2 Å². The number of ether oxygens (including phenoxy) is 1. The minimum absolute atomic E-state index is 0.189. The molecule has 0 saturated heterocycles. The third-order valence-corrected chi connectivity index (χ3v) is 6.25. The molecule has 1 aromatic heterocycles. The zero-order valence-corrected chi connectivity index (χ0v) is 19.5. The maximum atomic E-state index is 13.8. The Morgan fingerprint density at radius 1 is 0.886 bits per heavy atom. The van der Waals surface area contributed by atoms with Gasteiger partial charge in [-0.25, -0.2) is 14.4 Å². The molecule has 6 heteroatoms. The summed E-state index contributed by atoms with van der Waals surface area (Å²) in [5.41, 5.74) is 6.38. The fraction of sp³-hybridized carbons (Fsp3) is 0.241. The highest BCUT2D eigenvalue weighted by Gasteiger charge is 2.22. The number of fused-ring (bicyclic) bond motifs is 3. The van der Waals surface area contributed by atoms with Gasteiger partial charge in [0.25, 0.3) is 0 Å². The number of nitrogens with one attached hydrogen (secondary N) is 1. The molecule has 0 unspecified atom stereocenters. The summed E-state index contributed by atoms with van der Waals surface area (Å²) in [6, 6.07) is 22.2. The van der Waals surface area contributed by atoms with Crippen LogP contribution in [0.15, 0.2) is 72.8 Å². The van der Waals surface area contributed by atoms with E-state index in [1.54, 1.807) is 24.3 Å². The molecule has 5 rings (SSSR count). The van der Waals surface area contributed by atoms with Gasteiger partial charge in [-0.05, 0) is 85.7 Å². The van der Waals surface area contributed by atoms with Crippen LogP contribution in [0.1, 0.15) is 29.7 Å². The van der Waals surface area contributed by atoms with Crippen molar-refractivity contribution in [3.63, 3.8) is 0 Å². The molecule has 0 amide bonds. The predicted octanol–water partition coefficient (Wildman–Crippen LogP) is 6.16. The van der Waals surface area contributed by atoms with Crippen LogP contribution in [0, 0.1) is 5.82 Å². The quantitative estimate of drug-likeness (QED) is 0.227. The Labute approximate surface area is 204 Å². The SMILES string of the molecule is Oc1ccc(-c2nc3c(nc2NCOCCCCc2ccccc2)CCc2cc(F)ccc2-3)cc1. The molecule has 1 aliphatic rings. The van der Waals surface area contributed by atoms with E-state index in [0.29, 0.717) is 31.3 Å². The zero-order valence-electron chi connectivity index (χ0n) is 19.5. The molecule has 2 N–H and O–H groups in total. The molecule has 35 heavy (non-hydrogen) atoms. The molecule has 0 bridgehead atoms. The first-order valence-electron chi connectivity index (χ1n) is 12.0. The van der Waals surface area contributed by atoms with Crippen LogP contribution in [-0.2, 0) is 24.0 Å². The second-order valence-electron chi connectivity index (χ2n) is 8.74. The largest absolute Gasteiger partial charge is 0.508 e. The van der Waals surface area contributed by atoms with Crippen LogP contribution in [0.5, 0.6) is 5.75 Å². The molecule has 0 spiro atoms. The van der Waals surface area contributed by atoms with Crippen molar-refractivity contribution in [1.82, 2.24) is 9.97 Å². The number of hydrogen-bond acceptors (Lipinski definition) is 5. The third kappa shape index (κ3) is 5.49. The average Bonchev–Trinajstić information content (AvgIpc) is 2.88. The van der Waals surface area contributed by atoms with Crippen molar-refractivity contribution in [3.8, 4) is 28.3 Å². The Morgan fingerprint density at radius 2 is 1.71 bits per heavy atom. The van der Waals surface area contributed by atoms with Crippen molar-refractivity contribution in [1.29, 1.82) is 0 Å². The van der Waals surface area contributed by atoms with Gasteiger partial charge in [-0.2, -0.15) is 0 Å². The first kappa shape index (κ1) is 23.0. The Bertz CT molecular complexity index is 1290. The standard InChI is InChI=1S/C29H28FN3O2/c30-23-12-15-25-22(18-23)11-16-26-28(25)33-27(21-9-13-24(34)14-10-21)29(32-26)31-19-35-17-5-4-8-20-6-2-1-3-7-20/h1-3,6-7,9-10,12-15,18,34H,4-5,8,11,16-17,19H2,(H,31,32). The van der Waals surface area contributed by atoms with E-state index >= 15 is 0 Å². The highest BCUT2D eigenvalue weighted by molar-refractivity contribution is 5.77. The van der Waals surface area contributed by atoms with Crippen molar-refractivity contribution < 1.29 is 14.2 Å². The van der Waals surface area contributed by atoms with Crippen LogP contribution in [0.2, 0.25) is 0 Å². The Hall–Kier alpha value is -3.77. The third-order valence-electron chi connectivity index (χ3n) is 6.25. The first-order valence-corrected chi connectivity index (χ1v) is 12.0. The topological polar surface area (TPSA) is 67.3 Å². The van der Waals surface area contributed by atoms with Gasteiger partial charge < -0.3 is 15.2 Å². The predicted molar refractivity (Wildman–Crippen MR) is 136 cm³/mol. The molecule has 0 atom stereocenters. The molecule has 3 aromatic carbocycles. The summed E-state index contributed by atoms with van der Waals surface area (Å²) >= 11 is 0. The maximum absolute atomic E-state index is 13.8. The first-order chi connectivity index (χ1) is 17.2. The summed E-state index contributed by atoms with van der Waals surface area (Å²) < 4.78 is 19.6. The van der Waals surface area contributed by atoms with Gasteiger partial charge in [0.15, 0.2) is 5.82 Å². The van der Waals surface area contributed by atoms with Crippen molar-refractivity contribution >= 4 is 5.82 Å². The number of aromatic nitrogens is 2. The minimum Gasteiger partial charge on any atom is -0.508 e. The van der Waals surface area contributed by atoms with Crippen LogP contribution in [0.4, 0.5) is 10.2 Å². The van der Waals surface area contributed by atoms with Gasteiger partial charge in [0.1, 0.15) is 24.0 Å². The summed E-state index contributed by atoms with van der Waals surface area (Å²) in [5, 5.41) is 13.0. The number of aromatic hydroxyl groups is 1. The lowest BCUT2D eigenvalue weighted by Gasteiger charge is -2.21. The van der Waals surface area contributed by atoms with E-state index in [2.05, 4.69) is 29.6 Å². The molecule has 0 radical (unpaired) electrons. The number of hydrogen-bond donors (Lipinski definition) is 2. The van der Waals surface area contributed by atoms with E-state index < -0.39 is 0 Å². The molecular weight excluding hydrogens is 441 g/mol. The molecule has 0 fully saturated rings. The maximum Gasteiger partial charge on any atom is 0.154 e. The zero-order chi connectivity index (χ0) is 24.0. The van der Waals surface area contributed by atoms with Gasteiger partial charge in [0.05, 0.1) is 11.4 Å². The van der Waals surface area contributed by atoms with E-state index in [-0.39, 0.29) is 11.6 Å².